The fourth-order valence-electron chi connectivity index (χ4n) is 3.78. The number of carbonyl (C=O) groups excluding carboxylic acids is 1. The fraction of sp³-hybridized carbons (Fsp3) is 0.421. The highest BCUT2D eigenvalue weighted by Crippen LogP contribution is 2.23. The standard InChI is InChI=1S/C19H22N4O3/c1-13-3-4-14-5-8-22(11-15(14)9-13)19(26)21-6-2-7-23-16(12-21)10-17(20-23)18(24)25/h3-4,9-10H,2,5-8,11-12H2,1H3,(H,24,25). The van der Waals surface area contributed by atoms with Crippen molar-refractivity contribution in [1.29, 1.82) is 0 Å². The molecule has 0 unspecified atom stereocenters. The number of fused-ring (bicyclic) bond motifs is 2. The second-order valence-corrected chi connectivity index (χ2v) is 7.05. The molecule has 0 fully saturated rings. The average Bonchev–Trinajstić information content (AvgIpc) is 2.92. The minimum absolute atomic E-state index is 0.0173. The van der Waals surface area contributed by atoms with E-state index in [1.807, 2.05) is 9.80 Å². The topological polar surface area (TPSA) is 78.7 Å². The maximum atomic E-state index is 13.1. The Labute approximate surface area is 151 Å². The van der Waals surface area contributed by atoms with E-state index in [1.165, 1.54) is 16.7 Å². The molecule has 3 heterocycles. The molecule has 1 N–H and O–H groups in total. The molecule has 0 saturated carbocycles. The van der Waals surface area contributed by atoms with Crippen LogP contribution in [-0.2, 0) is 26.1 Å². The van der Waals surface area contributed by atoms with Crippen LogP contribution in [0.4, 0.5) is 4.79 Å². The van der Waals surface area contributed by atoms with Crippen molar-refractivity contribution in [1.82, 2.24) is 19.6 Å². The fourth-order valence-corrected chi connectivity index (χ4v) is 3.78. The zero-order valence-corrected chi connectivity index (χ0v) is 14.8. The number of hydrogen-bond acceptors (Lipinski definition) is 3. The van der Waals surface area contributed by atoms with Gasteiger partial charge in [0.1, 0.15) is 0 Å². The van der Waals surface area contributed by atoms with Gasteiger partial charge < -0.3 is 14.9 Å². The van der Waals surface area contributed by atoms with Gasteiger partial charge >= 0.3 is 12.0 Å². The number of hydrogen-bond donors (Lipinski definition) is 1. The summed E-state index contributed by atoms with van der Waals surface area (Å²) in [5.41, 5.74) is 4.56. The molecule has 0 atom stereocenters. The lowest BCUT2D eigenvalue weighted by atomic mass is 9.98. The first-order valence-corrected chi connectivity index (χ1v) is 8.93. The average molecular weight is 354 g/mol. The molecule has 2 aromatic rings. The number of nitrogens with zero attached hydrogens (tertiary/aromatic N) is 4. The Kier molecular flexibility index (Phi) is 4.14. The number of amides is 2. The highest BCUT2D eigenvalue weighted by Gasteiger charge is 2.28. The summed E-state index contributed by atoms with van der Waals surface area (Å²) in [6.07, 6.45) is 1.64. The molecule has 1 aromatic heterocycles. The molecule has 26 heavy (non-hydrogen) atoms. The van der Waals surface area contributed by atoms with Crippen molar-refractivity contribution in [3.63, 3.8) is 0 Å². The predicted octanol–water partition coefficient (Wildman–Crippen LogP) is 2.27. The SMILES string of the molecule is Cc1ccc2c(c1)CN(C(=O)N1CCCn3nc(C(=O)O)cc3C1)CC2. The summed E-state index contributed by atoms with van der Waals surface area (Å²) in [6.45, 7) is 5.10. The third kappa shape index (κ3) is 3.05. The molecule has 7 heteroatoms. The summed E-state index contributed by atoms with van der Waals surface area (Å²) < 4.78 is 1.71. The van der Waals surface area contributed by atoms with Crippen LogP contribution in [0.1, 0.15) is 39.3 Å². The number of carbonyl (C=O) groups is 2. The number of carboxylic acids is 1. The summed E-state index contributed by atoms with van der Waals surface area (Å²) in [4.78, 5) is 27.9. The van der Waals surface area contributed by atoms with Crippen molar-refractivity contribution in [2.24, 2.45) is 0 Å². The smallest absolute Gasteiger partial charge is 0.356 e. The first kappa shape index (κ1) is 16.6. The summed E-state index contributed by atoms with van der Waals surface area (Å²) >= 11 is 0. The van der Waals surface area contributed by atoms with Crippen molar-refractivity contribution >= 4 is 12.0 Å². The van der Waals surface area contributed by atoms with Gasteiger partial charge in [0.05, 0.1) is 12.2 Å². The first-order valence-electron chi connectivity index (χ1n) is 8.93. The summed E-state index contributed by atoms with van der Waals surface area (Å²) in [5, 5.41) is 13.3. The van der Waals surface area contributed by atoms with Crippen molar-refractivity contribution in [3.05, 3.63) is 52.3 Å². The van der Waals surface area contributed by atoms with Gasteiger partial charge in [-0.25, -0.2) is 9.59 Å². The van der Waals surface area contributed by atoms with E-state index in [2.05, 4.69) is 30.2 Å². The van der Waals surface area contributed by atoms with Gasteiger partial charge in [0, 0.05) is 26.2 Å². The molecule has 0 aliphatic carbocycles. The number of rotatable bonds is 1. The minimum atomic E-state index is -1.04. The molecule has 2 amide bonds. The maximum Gasteiger partial charge on any atom is 0.356 e. The lowest BCUT2D eigenvalue weighted by molar-refractivity contribution is 0.0689. The van der Waals surface area contributed by atoms with E-state index in [9.17, 15) is 9.59 Å². The normalized spacial score (nSPS) is 16.7. The van der Waals surface area contributed by atoms with E-state index >= 15 is 0 Å². The van der Waals surface area contributed by atoms with Gasteiger partial charge in [-0.3, -0.25) is 4.68 Å². The number of benzene rings is 1. The van der Waals surface area contributed by atoms with Gasteiger partial charge in [-0.05, 0) is 37.0 Å². The third-order valence-corrected chi connectivity index (χ3v) is 5.15. The lowest BCUT2D eigenvalue weighted by Crippen LogP contribution is -2.45. The van der Waals surface area contributed by atoms with Gasteiger partial charge in [-0.1, -0.05) is 23.8 Å². The van der Waals surface area contributed by atoms with Crippen LogP contribution in [-0.4, -0.2) is 49.8 Å². The highest BCUT2D eigenvalue weighted by molar-refractivity contribution is 5.85. The Bertz CT molecular complexity index is 874. The van der Waals surface area contributed by atoms with E-state index < -0.39 is 5.97 Å². The largest absolute Gasteiger partial charge is 0.476 e. The second kappa shape index (κ2) is 6.48. The summed E-state index contributed by atoms with van der Waals surface area (Å²) in [7, 11) is 0. The van der Waals surface area contributed by atoms with E-state index in [-0.39, 0.29) is 11.7 Å². The van der Waals surface area contributed by atoms with E-state index in [0.717, 1.165) is 18.5 Å². The molecule has 0 spiro atoms. The molecule has 1 aromatic carbocycles. The van der Waals surface area contributed by atoms with Gasteiger partial charge in [-0.15, -0.1) is 0 Å². The van der Waals surface area contributed by atoms with Crippen molar-refractivity contribution in [3.8, 4) is 0 Å². The number of aromatic nitrogens is 2. The van der Waals surface area contributed by atoms with Crippen LogP contribution in [0.15, 0.2) is 24.3 Å². The van der Waals surface area contributed by atoms with E-state index in [1.54, 1.807) is 10.7 Å². The van der Waals surface area contributed by atoms with E-state index in [0.29, 0.717) is 32.7 Å². The molecule has 136 valence electrons. The molecular formula is C19H22N4O3. The van der Waals surface area contributed by atoms with E-state index in [4.69, 9.17) is 5.11 Å². The molecular weight excluding hydrogens is 332 g/mol. The van der Waals surface area contributed by atoms with Crippen LogP contribution in [0.5, 0.6) is 0 Å². The minimum Gasteiger partial charge on any atom is -0.476 e. The van der Waals surface area contributed by atoms with Gasteiger partial charge in [0.2, 0.25) is 0 Å². The number of aromatic carboxylic acids is 1. The third-order valence-electron chi connectivity index (χ3n) is 5.15. The Morgan fingerprint density at radius 2 is 1.85 bits per heavy atom. The molecule has 0 bridgehead atoms. The van der Waals surface area contributed by atoms with Crippen LogP contribution in [0, 0.1) is 6.92 Å². The zero-order valence-electron chi connectivity index (χ0n) is 14.8. The number of aryl methyl sites for hydroxylation is 2. The second-order valence-electron chi connectivity index (χ2n) is 7.05. The summed E-state index contributed by atoms with van der Waals surface area (Å²) in [5.74, 6) is -1.04. The first-order chi connectivity index (χ1) is 12.5. The molecule has 0 radical (unpaired) electrons. The predicted molar refractivity (Wildman–Crippen MR) is 94.9 cm³/mol. The van der Waals surface area contributed by atoms with Crippen LogP contribution >= 0.6 is 0 Å². The molecule has 0 saturated heterocycles. The molecule has 7 nitrogen and oxygen atoms in total. The van der Waals surface area contributed by atoms with Gasteiger partial charge in [-0.2, -0.15) is 5.10 Å². The van der Waals surface area contributed by atoms with Crippen molar-refractivity contribution in [2.75, 3.05) is 13.1 Å². The number of carboxylic acid groups (broad SMARTS) is 1. The van der Waals surface area contributed by atoms with Crippen LogP contribution in [0.2, 0.25) is 0 Å². The Morgan fingerprint density at radius 1 is 1.04 bits per heavy atom. The van der Waals surface area contributed by atoms with Gasteiger partial charge in [0.15, 0.2) is 5.69 Å². The molecule has 2 aliphatic rings. The maximum absolute atomic E-state index is 13.1. The van der Waals surface area contributed by atoms with Gasteiger partial charge in [0.25, 0.3) is 0 Å². The quantitative estimate of drug-likeness (QED) is 0.852. The van der Waals surface area contributed by atoms with Crippen LogP contribution < -0.4 is 0 Å². The monoisotopic (exact) mass is 354 g/mol. The lowest BCUT2D eigenvalue weighted by Gasteiger charge is -2.33. The zero-order chi connectivity index (χ0) is 18.3. The van der Waals surface area contributed by atoms with Crippen molar-refractivity contribution in [2.45, 2.75) is 39.4 Å². The number of urea groups is 1. The Balaban J connectivity index is 1.52. The Hall–Kier alpha value is -2.83. The van der Waals surface area contributed by atoms with Crippen molar-refractivity contribution < 1.29 is 14.7 Å². The highest BCUT2D eigenvalue weighted by atomic mass is 16.4. The van der Waals surface area contributed by atoms with Crippen LogP contribution in [0.3, 0.4) is 0 Å². The molecule has 2 aliphatic heterocycles. The Morgan fingerprint density at radius 3 is 2.65 bits per heavy atom. The van der Waals surface area contributed by atoms with Crippen LogP contribution in [0.25, 0.3) is 0 Å². The summed E-state index contributed by atoms with van der Waals surface area (Å²) in [6, 6.07) is 8.02. The molecule has 4 rings (SSSR count).